The number of hydrogen-bond donors (Lipinski definition) is 1. The Morgan fingerprint density at radius 3 is 2.89 bits per heavy atom. The van der Waals surface area contributed by atoms with Gasteiger partial charge < -0.3 is 5.32 Å². The predicted molar refractivity (Wildman–Crippen MR) is 75.7 cm³/mol. The number of hydrogen-bond acceptors (Lipinski definition) is 3. The first-order valence-corrected chi connectivity index (χ1v) is 6.48. The molecule has 0 aliphatic rings. The van der Waals surface area contributed by atoms with Gasteiger partial charge in [-0.1, -0.05) is 25.1 Å². The molecule has 0 radical (unpaired) electrons. The highest BCUT2D eigenvalue weighted by Crippen LogP contribution is 2.21. The van der Waals surface area contributed by atoms with Crippen molar-refractivity contribution in [3.05, 3.63) is 47.8 Å². The molecule has 2 aromatic rings. The van der Waals surface area contributed by atoms with Crippen molar-refractivity contribution < 1.29 is 0 Å². The van der Waals surface area contributed by atoms with Gasteiger partial charge in [-0.2, -0.15) is 10.4 Å². The highest BCUT2D eigenvalue weighted by Gasteiger charge is 2.13. The van der Waals surface area contributed by atoms with Crippen LogP contribution in [0.15, 0.2) is 36.7 Å². The molecule has 0 saturated heterocycles. The van der Waals surface area contributed by atoms with E-state index < -0.39 is 0 Å². The lowest BCUT2D eigenvalue weighted by molar-refractivity contribution is 0.602. The summed E-state index contributed by atoms with van der Waals surface area (Å²) in [6.07, 6.45) is 4.72. The number of anilines is 1. The van der Waals surface area contributed by atoms with Crippen LogP contribution in [-0.4, -0.2) is 9.78 Å². The Bertz CT molecular complexity index is 580. The molecule has 0 spiro atoms. The molecule has 0 amide bonds. The predicted octanol–water partition coefficient (Wildman–Crippen LogP) is 3.28. The minimum atomic E-state index is -0.369. The second kappa shape index (κ2) is 6.05. The molecule has 4 heteroatoms. The van der Waals surface area contributed by atoms with Crippen molar-refractivity contribution in [2.45, 2.75) is 32.9 Å². The van der Waals surface area contributed by atoms with Crippen molar-refractivity contribution in [2.24, 2.45) is 0 Å². The lowest BCUT2D eigenvalue weighted by Crippen LogP contribution is -2.08. The molecule has 0 aliphatic carbocycles. The molecule has 0 bridgehead atoms. The van der Waals surface area contributed by atoms with Crippen molar-refractivity contribution in [3.63, 3.8) is 0 Å². The van der Waals surface area contributed by atoms with Crippen LogP contribution in [-0.2, 0) is 6.54 Å². The molecule has 2 rings (SSSR count). The monoisotopic (exact) mass is 254 g/mol. The van der Waals surface area contributed by atoms with Crippen molar-refractivity contribution >= 4 is 5.69 Å². The molecule has 0 saturated carbocycles. The molecule has 0 aliphatic heterocycles. The number of nitriles is 1. The van der Waals surface area contributed by atoms with Gasteiger partial charge in [-0.05, 0) is 25.0 Å². The van der Waals surface area contributed by atoms with E-state index in [0.29, 0.717) is 0 Å². The number of para-hydroxylation sites is 1. The minimum Gasteiger partial charge on any atom is -0.366 e. The number of aromatic nitrogens is 2. The summed E-state index contributed by atoms with van der Waals surface area (Å²) >= 11 is 0. The van der Waals surface area contributed by atoms with Crippen LogP contribution >= 0.6 is 0 Å². The van der Waals surface area contributed by atoms with Crippen LogP contribution in [0.1, 0.15) is 30.5 Å². The maximum atomic E-state index is 9.32. The molecular formula is C15H18N4. The highest BCUT2D eigenvalue weighted by molar-refractivity contribution is 5.52. The molecule has 0 fully saturated rings. The second-order valence-electron chi connectivity index (χ2n) is 4.56. The number of benzene rings is 1. The van der Waals surface area contributed by atoms with Gasteiger partial charge in [0.25, 0.3) is 0 Å². The van der Waals surface area contributed by atoms with Crippen LogP contribution in [0.25, 0.3) is 0 Å². The average Bonchev–Trinajstić information content (AvgIpc) is 2.87. The van der Waals surface area contributed by atoms with Crippen LogP contribution in [0.5, 0.6) is 0 Å². The van der Waals surface area contributed by atoms with Gasteiger partial charge in [-0.3, -0.25) is 4.68 Å². The van der Waals surface area contributed by atoms with Crippen molar-refractivity contribution in [1.82, 2.24) is 9.78 Å². The Labute approximate surface area is 113 Å². The summed E-state index contributed by atoms with van der Waals surface area (Å²) in [5.74, 6) is 0. The normalized spacial score (nSPS) is 11.8. The summed E-state index contributed by atoms with van der Waals surface area (Å²) in [4.78, 5) is 0. The van der Waals surface area contributed by atoms with E-state index in [0.717, 1.165) is 29.8 Å². The summed E-state index contributed by atoms with van der Waals surface area (Å²) < 4.78 is 1.87. The van der Waals surface area contributed by atoms with E-state index in [2.05, 4.69) is 23.4 Å². The average molecular weight is 254 g/mol. The second-order valence-corrected chi connectivity index (χ2v) is 4.56. The summed E-state index contributed by atoms with van der Waals surface area (Å²) in [6, 6.07) is 9.87. The minimum absolute atomic E-state index is 0.369. The third kappa shape index (κ3) is 3.14. The van der Waals surface area contributed by atoms with Crippen molar-refractivity contribution in [1.29, 1.82) is 5.26 Å². The zero-order valence-corrected chi connectivity index (χ0v) is 11.3. The number of nitrogens with one attached hydrogen (secondary N) is 1. The Morgan fingerprint density at radius 1 is 1.42 bits per heavy atom. The summed E-state index contributed by atoms with van der Waals surface area (Å²) in [5.41, 5.74) is 3.01. The zero-order valence-electron chi connectivity index (χ0n) is 11.3. The Kier molecular flexibility index (Phi) is 4.19. The fraction of sp³-hybridized carbons (Fsp3) is 0.333. The van der Waals surface area contributed by atoms with Gasteiger partial charge in [-0.15, -0.1) is 0 Å². The Balaban J connectivity index is 2.16. The van der Waals surface area contributed by atoms with E-state index in [4.69, 9.17) is 0 Å². The third-order valence-electron chi connectivity index (χ3n) is 3.01. The molecule has 1 N–H and O–H groups in total. The lowest BCUT2D eigenvalue weighted by atomic mass is 10.1. The molecular weight excluding hydrogens is 236 g/mol. The standard InChI is InChI=1S/C15H18N4/c1-3-8-19-11-13(10-17-19)15(9-16)18-14-7-5-4-6-12(14)2/h4-7,10-11,15,18H,3,8H2,1-2H3. The fourth-order valence-corrected chi connectivity index (χ4v) is 1.96. The molecule has 1 aromatic heterocycles. The molecule has 4 nitrogen and oxygen atoms in total. The molecule has 98 valence electrons. The first-order chi connectivity index (χ1) is 9.24. The van der Waals surface area contributed by atoms with Gasteiger partial charge in [0.2, 0.25) is 0 Å². The molecule has 1 heterocycles. The third-order valence-corrected chi connectivity index (χ3v) is 3.01. The smallest absolute Gasteiger partial charge is 0.143 e. The van der Waals surface area contributed by atoms with E-state index in [1.807, 2.05) is 42.1 Å². The van der Waals surface area contributed by atoms with Crippen LogP contribution in [0.4, 0.5) is 5.69 Å². The van der Waals surface area contributed by atoms with Crippen LogP contribution < -0.4 is 5.32 Å². The van der Waals surface area contributed by atoms with Crippen LogP contribution in [0.3, 0.4) is 0 Å². The van der Waals surface area contributed by atoms with E-state index in [9.17, 15) is 5.26 Å². The lowest BCUT2D eigenvalue weighted by Gasteiger charge is -2.13. The summed E-state index contributed by atoms with van der Waals surface area (Å²) in [7, 11) is 0. The van der Waals surface area contributed by atoms with Crippen LogP contribution in [0, 0.1) is 18.3 Å². The van der Waals surface area contributed by atoms with Crippen molar-refractivity contribution in [3.8, 4) is 6.07 Å². The van der Waals surface area contributed by atoms with Gasteiger partial charge in [0, 0.05) is 24.0 Å². The molecule has 1 unspecified atom stereocenters. The van der Waals surface area contributed by atoms with Gasteiger partial charge in [0.15, 0.2) is 0 Å². The maximum absolute atomic E-state index is 9.32. The molecule has 1 aromatic carbocycles. The maximum Gasteiger partial charge on any atom is 0.143 e. The zero-order chi connectivity index (χ0) is 13.7. The van der Waals surface area contributed by atoms with Gasteiger partial charge in [0.05, 0.1) is 12.3 Å². The number of nitrogens with zero attached hydrogens (tertiary/aromatic N) is 3. The van der Waals surface area contributed by atoms with E-state index >= 15 is 0 Å². The first-order valence-electron chi connectivity index (χ1n) is 6.48. The summed E-state index contributed by atoms with van der Waals surface area (Å²) in [6.45, 7) is 5.01. The first kappa shape index (κ1) is 13.2. The Hall–Kier alpha value is -2.28. The van der Waals surface area contributed by atoms with Gasteiger partial charge in [0.1, 0.15) is 6.04 Å². The fourth-order valence-electron chi connectivity index (χ4n) is 1.96. The van der Waals surface area contributed by atoms with Gasteiger partial charge >= 0.3 is 0 Å². The summed E-state index contributed by atoms with van der Waals surface area (Å²) in [5, 5.41) is 16.8. The van der Waals surface area contributed by atoms with E-state index in [1.54, 1.807) is 6.20 Å². The number of aryl methyl sites for hydroxylation is 2. The van der Waals surface area contributed by atoms with E-state index in [1.165, 1.54) is 0 Å². The van der Waals surface area contributed by atoms with Crippen LogP contribution in [0.2, 0.25) is 0 Å². The van der Waals surface area contributed by atoms with Crippen molar-refractivity contribution in [2.75, 3.05) is 5.32 Å². The van der Waals surface area contributed by atoms with Gasteiger partial charge in [-0.25, -0.2) is 0 Å². The largest absolute Gasteiger partial charge is 0.366 e. The highest BCUT2D eigenvalue weighted by atomic mass is 15.3. The quantitative estimate of drug-likeness (QED) is 0.890. The SMILES string of the molecule is CCCn1cc(C(C#N)Nc2ccccc2C)cn1. The number of rotatable bonds is 5. The molecule has 1 atom stereocenters. The van der Waals surface area contributed by atoms with E-state index in [-0.39, 0.29) is 6.04 Å². The Morgan fingerprint density at radius 2 is 2.21 bits per heavy atom. The topological polar surface area (TPSA) is 53.6 Å². The molecule has 19 heavy (non-hydrogen) atoms.